The molecule has 2 heterocycles. The molecule has 0 spiro atoms. The van der Waals surface area contributed by atoms with E-state index in [1.54, 1.807) is 60.7 Å². The number of carbonyl (C=O) groups excluding carboxylic acids is 2. The van der Waals surface area contributed by atoms with E-state index in [1.807, 2.05) is 18.2 Å². The number of nitrogens with two attached hydrogens (primary N) is 1. The number of cyclic esters (lactones) is 1. The van der Waals surface area contributed by atoms with Crippen LogP contribution in [0.1, 0.15) is 108 Å². The van der Waals surface area contributed by atoms with Crippen molar-refractivity contribution in [1.82, 2.24) is 10.1 Å². The number of aromatic nitrogens is 2. The van der Waals surface area contributed by atoms with Crippen molar-refractivity contribution in [2.75, 3.05) is 23.8 Å². The first-order chi connectivity index (χ1) is 28.1. The van der Waals surface area contributed by atoms with Crippen LogP contribution in [0.5, 0.6) is 5.75 Å². The van der Waals surface area contributed by atoms with Crippen molar-refractivity contribution in [2.45, 2.75) is 121 Å². The van der Waals surface area contributed by atoms with E-state index >= 15 is 0 Å². The first-order valence-corrected chi connectivity index (χ1v) is 22.3. The summed E-state index contributed by atoms with van der Waals surface area (Å²) in [6, 6.07) is 22.5. The van der Waals surface area contributed by atoms with Crippen LogP contribution >= 0.6 is 0 Å². The van der Waals surface area contributed by atoms with Gasteiger partial charge in [-0.2, -0.15) is 0 Å². The van der Waals surface area contributed by atoms with Crippen molar-refractivity contribution in [1.29, 1.82) is 0 Å². The van der Waals surface area contributed by atoms with Gasteiger partial charge < -0.3 is 19.9 Å². The number of hydrogen-bond donors (Lipinski definition) is 2. The van der Waals surface area contributed by atoms with Gasteiger partial charge in [0.1, 0.15) is 19.0 Å². The van der Waals surface area contributed by atoms with Crippen molar-refractivity contribution >= 4 is 27.6 Å². The Labute approximate surface area is 341 Å². The third kappa shape index (κ3) is 13.0. The molecule has 58 heavy (non-hydrogen) atoms. The highest BCUT2D eigenvalue weighted by atomic mass is 32.2. The molecular formula is C44H58N4O9S. The number of nitrogens with zero attached hydrogens (tertiary/aromatic N) is 2. The second-order valence-electron chi connectivity index (χ2n) is 15.1. The summed E-state index contributed by atoms with van der Waals surface area (Å²) in [5.74, 6) is -1.13. The monoisotopic (exact) mass is 818 g/mol. The molecule has 1 aromatic heterocycles. The van der Waals surface area contributed by atoms with E-state index in [1.165, 1.54) is 62.7 Å². The summed E-state index contributed by atoms with van der Waals surface area (Å²) in [4.78, 5) is 39.2. The number of esters is 1. The van der Waals surface area contributed by atoms with Gasteiger partial charge in [0.15, 0.2) is 21.8 Å². The Morgan fingerprint density at radius 2 is 1.43 bits per heavy atom. The van der Waals surface area contributed by atoms with Crippen LogP contribution in [0.25, 0.3) is 11.4 Å². The Balaban J connectivity index is 1.10. The molecule has 0 radical (unpaired) electrons. The fourth-order valence-corrected chi connectivity index (χ4v) is 8.64. The molecule has 1 saturated heterocycles. The summed E-state index contributed by atoms with van der Waals surface area (Å²) in [6.07, 6.45) is 14.6. The SMILES string of the molecule is CCCCCCCCCCCCCCCCS(=O)(=O)C(N)(Cc1ccc(OCC2CN(c3ccc(-c4noc(=O)[nH]4)cc3)C(=O)O2)cc1)C(=O)OCc1ccccc1. The summed E-state index contributed by atoms with van der Waals surface area (Å²) >= 11 is 0. The van der Waals surface area contributed by atoms with Crippen molar-refractivity contribution in [3.05, 3.63) is 101 Å². The smallest absolute Gasteiger partial charge is 0.439 e. The number of nitrogens with one attached hydrogen (secondary N) is 1. The van der Waals surface area contributed by atoms with Crippen molar-refractivity contribution < 1.29 is 36.7 Å². The molecule has 5 rings (SSSR count). The zero-order valence-electron chi connectivity index (χ0n) is 33.6. The van der Waals surface area contributed by atoms with E-state index in [0.717, 1.165) is 31.2 Å². The van der Waals surface area contributed by atoms with E-state index in [-0.39, 0.29) is 37.8 Å². The number of benzene rings is 3. The van der Waals surface area contributed by atoms with Crippen LogP contribution in [0.15, 0.2) is 88.2 Å². The van der Waals surface area contributed by atoms with Crippen molar-refractivity contribution in [2.24, 2.45) is 5.73 Å². The predicted octanol–water partition coefficient (Wildman–Crippen LogP) is 8.27. The second-order valence-corrected chi connectivity index (χ2v) is 17.5. The third-order valence-electron chi connectivity index (χ3n) is 10.5. The lowest BCUT2D eigenvalue weighted by atomic mass is 10.0. The Morgan fingerprint density at radius 3 is 2.02 bits per heavy atom. The molecule has 2 unspecified atom stereocenters. The van der Waals surface area contributed by atoms with E-state index < -0.39 is 38.6 Å². The number of rotatable bonds is 26. The standard InChI is InChI=1S/C44H58N4O9S/c1-2-3-4-5-6-7-8-9-10-11-12-13-14-18-29-58(52,53)44(45,41(49)55-32-35-19-16-15-17-20-35)30-34-21-27-38(28-22-34)54-33-39-31-48(43(51)56-39)37-25-23-36(24-26-37)40-46-42(50)57-47-40/h15-17,19-28,39H,2-14,18,29-33,45H2,1H3,(H,46,47,50). The fourth-order valence-electron chi connectivity index (χ4n) is 6.99. The number of sulfone groups is 1. The zero-order valence-corrected chi connectivity index (χ0v) is 34.4. The van der Waals surface area contributed by atoms with Gasteiger partial charge in [0.05, 0.1) is 12.3 Å². The van der Waals surface area contributed by atoms with Gasteiger partial charge in [-0.3, -0.25) is 14.4 Å². The molecule has 0 saturated carbocycles. The number of ether oxygens (including phenoxy) is 3. The molecule has 3 N–H and O–H groups in total. The maximum absolute atomic E-state index is 13.9. The highest BCUT2D eigenvalue weighted by Crippen LogP contribution is 2.27. The minimum Gasteiger partial charge on any atom is -0.490 e. The van der Waals surface area contributed by atoms with E-state index in [4.69, 9.17) is 19.9 Å². The number of amides is 1. The van der Waals surface area contributed by atoms with E-state index in [0.29, 0.717) is 29.0 Å². The summed E-state index contributed by atoms with van der Waals surface area (Å²) in [5.41, 5.74) is 9.05. The van der Waals surface area contributed by atoms with Gasteiger partial charge in [-0.25, -0.2) is 22.8 Å². The van der Waals surface area contributed by atoms with E-state index in [9.17, 15) is 22.8 Å². The topological polar surface area (TPSA) is 184 Å². The maximum atomic E-state index is 13.9. The first-order valence-electron chi connectivity index (χ1n) is 20.7. The van der Waals surface area contributed by atoms with E-state index in [2.05, 4.69) is 21.6 Å². The Bertz CT molecular complexity index is 2020. The number of unbranched alkanes of at least 4 members (excludes halogenated alkanes) is 13. The average molecular weight is 819 g/mol. The van der Waals surface area contributed by atoms with Crippen molar-refractivity contribution in [3.63, 3.8) is 0 Å². The van der Waals surface area contributed by atoms with Gasteiger partial charge >= 0.3 is 17.8 Å². The molecule has 0 aliphatic carbocycles. The van der Waals surface area contributed by atoms with Crippen molar-refractivity contribution in [3.8, 4) is 17.1 Å². The molecule has 1 aliphatic heterocycles. The maximum Gasteiger partial charge on any atom is 0.439 e. The summed E-state index contributed by atoms with van der Waals surface area (Å²) in [5, 5.41) is 3.67. The number of hydrogen-bond acceptors (Lipinski definition) is 11. The highest BCUT2D eigenvalue weighted by molar-refractivity contribution is 7.93. The fraction of sp³-hybridized carbons (Fsp3) is 0.500. The van der Waals surface area contributed by atoms with Gasteiger partial charge in [-0.15, -0.1) is 0 Å². The molecular weight excluding hydrogens is 761 g/mol. The molecule has 1 amide bonds. The number of carbonyl (C=O) groups is 2. The van der Waals surface area contributed by atoms with Crippen LogP contribution in [0, 0.1) is 0 Å². The molecule has 13 nitrogen and oxygen atoms in total. The van der Waals surface area contributed by atoms with Gasteiger partial charge in [-0.1, -0.05) is 138 Å². The van der Waals surface area contributed by atoms with Crippen LogP contribution < -0.4 is 21.1 Å². The largest absolute Gasteiger partial charge is 0.490 e. The molecule has 1 aliphatic rings. The first kappa shape index (κ1) is 44.2. The molecule has 1 fully saturated rings. The van der Waals surface area contributed by atoms with Gasteiger partial charge in [0.2, 0.25) is 4.87 Å². The van der Waals surface area contributed by atoms with Crippen LogP contribution in [-0.4, -0.2) is 60.5 Å². The number of aromatic amines is 1. The molecule has 0 bridgehead atoms. The summed E-state index contributed by atoms with van der Waals surface area (Å²) < 4.78 is 49.3. The second kappa shape index (κ2) is 22.3. The zero-order chi connectivity index (χ0) is 41.2. The average Bonchev–Trinajstić information content (AvgIpc) is 3.84. The van der Waals surface area contributed by atoms with Crippen LogP contribution in [-0.2, 0) is 37.1 Å². The highest BCUT2D eigenvalue weighted by Gasteiger charge is 2.48. The predicted molar refractivity (Wildman–Crippen MR) is 223 cm³/mol. The van der Waals surface area contributed by atoms with Gasteiger partial charge in [-0.05, 0) is 53.9 Å². The third-order valence-corrected chi connectivity index (χ3v) is 12.7. The molecule has 4 aromatic rings. The molecule has 14 heteroatoms. The van der Waals surface area contributed by atoms with Gasteiger partial charge in [0.25, 0.3) is 0 Å². The van der Waals surface area contributed by atoms with Crippen LogP contribution in [0.4, 0.5) is 10.5 Å². The normalized spacial score (nSPS) is 15.2. The minimum atomic E-state index is -4.12. The Kier molecular flexibility index (Phi) is 17.0. The van der Waals surface area contributed by atoms with Gasteiger partial charge in [0, 0.05) is 17.7 Å². The minimum absolute atomic E-state index is 0.0695. The number of anilines is 1. The Morgan fingerprint density at radius 1 is 0.828 bits per heavy atom. The lowest BCUT2D eigenvalue weighted by Crippen LogP contribution is -2.58. The summed E-state index contributed by atoms with van der Waals surface area (Å²) in [6.45, 7) is 2.45. The number of H-pyrrole nitrogens is 1. The molecule has 314 valence electrons. The molecule has 2 atom stereocenters. The summed E-state index contributed by atoms with van der Waals surface area (Å²) in [7, 11) is -4.12. The molecule has 3 aromatic carbocycles. The Hall–Kier alpha value is -4.95. The lowest BCUT2D eigenvalue weighted by molar-refractivity contribution is -0.148. The lowest BCUT2D eigenvalue weighted by Gasteiger charge is -2.27. The van der Waals surface area contributed by atoms with Crippen LogP contribution in [0.2, 0.25) is 0 Å². The quantitative estimate of drug-likeness (QED) is 0.0459. The van der Waals surface area contributed by atoms with Crippen LogP contribution in [0.3, 0.4) is 0 Å².